The highest BCUT2D eigenvalue weighted by molar-refractivity contribution is 7.27. The van der Waals surface area contributed by atoms with E-state index in [2.05, 4.69) is 528 Å². The molecule has 30 rings (SSSR count). The maximum Gasteiger partial charge on any atom is 0.0794 e. The number of rotatable bonds is 12. The van der Waals surface area contributed by atoms with Gasteiger partial charge in [0.05, 0.1) is 33.6 Å². The monoisotopic (exact) mass is 1920 g/mol. The average molecular weight is 1920 g/mol. The number of aromatic nitrogens is 3. The molecule has 0 saturated carbocycles. The van der Waals surface area contributed by atoms with Crippen LogP contribution in [0.4, 0.5) is 0 Å². The van der Waals surface area contributed by atoms with Crippen LogP contribution in [0.5, 0.6) is 0 Å². The molecular weight excluding hydrogens is 1830 g/mol. The lowest BCUT2D eigenvalue weighted by molar-refractivity contribution is 1.41. The van der Waals surface area contributed by atoms with Crippen LogP contribution in [0.3, 0.4) is 0 Å². The molecule has 3 nitrogen and oxygen atoms in total. The minimum Gasteiger partial charge on any atom is -0.247 e. The predicted molar refractivity (Wildman–Crippen MR) is 634 cm³/mol. The van der Waals surface area contributed by atoms with E-state index in [4.69, 9.17) is 15.0 Å². The van der Waals surface area contributed by atoms with Gasteiger partial charge in [-0.25, -0.2) is 15.0 Å². The van der Waals surface area contributed by atoms with Crippen LogP contribution >= 0.6 is 34.0 Å². The summed E-state index contributed by atoms with van der Waals surface area (Å²) in [5.74, 6) is 0. The molecule has 684 valence electrons. The number of hydrogen-bond donors (Lipinski definition) is 0. The number of nitrogens with zero attached hydrogens (tertiary/aromatic N) is 3. The van der Waals surface area contributed by atoms with Gasteiger partial charge in [0.15, 0.2) is 0 Å². The smallest absolute Gasteiger partial charge is 0.0794 e. The number of pyridine rings is 3. The van der Waals surface area contributed by atoms with Gasteiger partial charge in [-0.15, -0.1) is 34.0 Å². The molecule has 0 fully saturated rings. The molecule has 6 aromatic heterocycles. The molecule has 0 saturated heterocycles. The largest absolute Gasteiger partial charge is 0.247 e. The number of fused-ring (bicyclic) bond motifs is 27. The molecule has 0 aliphatic heterocycles. The summed E-state index contributed by atoms with van der Waals surface area (Å²) in [4.78, 5) is 16.1. The number of thiophene rings is 3. The van der Waals surface area contributed by atoms with Crippen LogP contribution in [-0.2, 0) is 0 Å². The van der Waals surface area contributed by atoms with Gasteiger partial charge in [0.1, 0.15) is 0 Å². The number of benzene rings is 24. The second kappa shape index (κ2) is 36.6. The first-order valence-electron chi connectivity index (χ1n) is 50.1. The van der Waals surface area contributed by atoms with Gasteiger partial charge in [-0.3, -0.25) is 0 Å². The molecule has 0 aliphatic carbocycles. The third-order valence-electron chi connectivity index (χ3n) is 29.5. The lowest BCUT2D eigenvalue weighted by atomic mass is 9.92. The van der Waals surface area contributed by atoms with Gasteiger partial charge >= 0.3 is 0 Å². The molecule has 0 bridgehead atoms. The van der Waals surface area contributed by atoms with E-state index >= 15 is 0 Å². The molecule has 0 N–H and O–H groups in total. The second-order valence-corrected chi connectivity index (χ2v) is 41.2. The van der Waals surface area contributed by atoms with E-state index in [1.807, 2.05) is 34.0 Å². The Morgan fingerprint density at radius 3 is 0.680 bits per heavy atom. The Labute approximate surface area is 861 Å². The Balaban J connectivity index is 0.000000107. The van der Waals surface area contributed by atoms with Crippen molar-refractivity contribution in [1.29, 1.82) is 0 Å². The summed E-state index contributed by atoms with van der Waals surface area (Å²) in [6.07, 6.45) is 0. The first-order chi connectivity index (χ1) is 72.9. The SMILES string of the molecule is c1ccc(-c2cc(-c3ccccc3)c3sc4c(-c5cccc(-c6ccc7c8ccccc8c8ccccc8c7n6)c5)cc(-c5ccccc5)cc4c3c2)cc1.c1ccc(-c2ccc3sc4c(-c5cccc(-c6ccc7c8ccccc8c8ccccc8c7n6)c5)cc(-c5ccccc5)cc4c3c2)cc1.c1ccc(-c2cccc3c2sc2c(-c4cccc(-c5ccc6c7ccccc7c7ccccc7c6n5)c4)cccc23)cc1. The Bertz CT molecular complexity index is 10400. The Hall–Kier alpha value is -18.3. The van der Waals surface area contributed by atoms with Crippen molar-refractivity contribution in [2.75, 3.05) is 0 Å². The highest BCUT2D eigenvalue weighted by atomic mass is 32.1. The molecule has 0 unspecified atom stereocenters. The fraction of sp³-hybridized carbons (Fsp3) is 0. The first-order valence-corrected chi connectivity index (χ1v) is 52.6. The summed E-state index contributed by atoms with van der Waals surface area (Å²) < 4.78 is 7.86. The summed E-state index contributed by atoms with van der Waals surface area (Å²) in [5, 5.41) is 26.1. The maximum absolute atomic E-state index is 5.41. The van der Waals surface area contributed by atoms with Crippen LogP contribution in [0.1, 0.15) is 0 Å². The average Bonchev–Trinajstić information content (AvgIpc) is 1.56. The molecule has 0 spiro atoms. The van der Waals surface area contributed by atoms with E-state index < -0.39 is 0 Å². The minimum absolute atomic E-state index is 0.973. The van der Waals surface area contributed by atoms with E-state index in [-0.39, 0.29) is 0 Å². The van der Waals surface area contributed by atoms with Crippen molar-refractivity contribution >= 4 is 192 Å². The van der Waals surface area contributed by atoms with E-state index in [9.17, 15) is 0 Å². The molecule has 6 heteroatoms. The Morgan fingerprint density at radius 1 is 0.109 bits per heavy atom. The second-order valence-electron chi connectivity index (χ2n) is 38.1. The summed E-state index contributed by atoms with van der Waals surface area (Å²) >= 11 is 5.68. The van der Waals surface area contributed by atoms with Crippen molar-refractivity contribution in [3.05, 3.63) is 528 Å². The van der Waals surface area contributed by atoms with Gasteiger partial charge in [0, 0.05) is 126 Å². The van der Waals surface area contributed by atoms with Crippen molar-refractivity contribution in [2.45, 2.75) is 0 Å². The summed E-state index contributed by atoms with van der Waals surface area (Å²) in [6.45, 7) is 0. The normalized spacial score (nSPS) is 11.7. The maximum atomic E-state index is 5.41. The van der Waals surface area contributed by atoms with Gasteiger partial charge in [-0.05, 0) is 235 Å². The van der Waals surface area contributed by atoms with Crippen molar-refractivity contribution in [1.82, 2.24) is 15.0 Å². The first kappa shape index (κ1) is 86.6. The fourth-order valence-electron chi connectivity index (χ4n) is 22.5. The Morgan fingerprint density at radius 2 is 0.333 bits per heavy atom. The molecule has 0 aliphatic rings. The summed E-state index contributed by atoms with van der Waals surface area (Å²) in [6, 6.07) is 191. The topological polar surface area (TPSA) is 38.7 Å². The standard InChI is InChI=1S/C53H33NS.C47H29NS.C41H25NS/c1-4-15-34(16-5-1)39-30-46(36-19-8-3-9-20-36)52-48(32-39)49-33-40(35-17-6-2-7-18-35)31-47(53(49)55-52)37-21-14-22-38(29-37)50-28-27-45-43-25-11-10-23-41(43)42-24-12-13-26-44(42)51(45)54-50;1-3-12-30(13-4-1)32-22-25-45-42(27-32)43-29-35(31-14-5-2-6-15-31)28-41(47(43)49-45)33-16-11-17-34(26-33)44-24-23-40-38-20-8-7-18-36(38)37-19-9-10-21-39(37)46(40)48-44;1-2-11-26(12-3-1)29-19-9-21-36-37-22-10-20-30(41(37)43-40(29)36)27-13-8-14-28(25-27)38-24-23-35-33-17-5-4-15-31(33)32-16-6-7-18-34(32)39(35)42-38/h1-33H;1-29H;1-25H. The van der Waals surface area contributed by atoms with Crippen LogP contribution in [0, 0.1) is 0 Å². The molecule has 0 radical (unpaired) electrons. The van der Waals surface area contributed by atoms with Gasteiger partial charge in [0.2, 0.25) is 0 Å². The molecular formula is C141H87N3S3. The zero-order valence-corrected chi connectivity index (χ0v) is 82.2. The highest BCUT2D eigenvalue weighted by Gasteiger charge is 2.25. The lowest BCUT2D eigenvalue weighted by Gasteiger charge is -2.12. The van der Waals surface area contributed by atoms with Crippen molar-refractivity contribution in [3.63, 3.8) is 0 Å². The zero-order valence-electron chi connectivity index (χ0n) is 79.8. The van der Waals surface area contributed by atoms with Crippen molar-refractivity contribution in [2.24, 2.45) is 0 Å². The molecule has 0 atom stereocenters. The van der Waals surface area contributed by atoms with Crippen LogP contribution in [0.15, 0.2) is 528 Å². The van der Waals surface area contributed by atoms with E-state index in [0.717, 1.165) is 50.3 Å². The predicted octanol–water partition coefficient (Wildman–Crippen LogP) is 40.7. The van der Waals surface area contributed by atoms with E-state index in [1.165, 1.54) is 241 Å². The van der Waals surface area contributed by atoms with Crippen LogP contribution in [0.2, 0.25) is 0 Å². The molecule has 147 heavy (non-hydrogen) atoms. The fourth-order valence-corrected chi connectivity index (χ4v) is 26.4. The zero-order chi connectivity index (χ0) is 96.9. The number of hydrogen-bond acceptors (Lipinski definition) is 6. The Kier molecular flexibility index (Phi) is 21.6. The molecule has 24 aromatic carbocycles. The molecule has 6 heterocycles. The molecule has 30 aromatic rings. The van der Waals surface area contributed by atoms with Crippen LogP contribution in [0.25, 0.3) is 292 Å². The summed E-state index contributed by atoms with van der Waals surface area (Å²) in [7, 11) is 0. The van der Waals surface area contributed by atoms with Gasteiger partial charge in [-0.1, -0.05) is 425 Å². The van der Waals surface area contributed by atoms with Crippen molar-refractivity contribution in [3.8, 4) is 134 Å². The van der Waals surface area contributed by atoms with Crippen molar-refractivity contribution < 1.29 is 0 Å². The van der Waals surface area contributed by atoms with Crippen LogP contribution in [-0.4, -0.2) is 15.0 Å². The van der Waals surface area contributed by atoms with Gasteiger partial charge in [-0.2, -0.15) is 0 Å². The lowest BCUT2D eigenvalue weighted by Crippen LogP contribution is -1.90. The van der Waals surface area contributed by atoms with E-state index in [0.29, 0.717) is 0 Å². The highest BCUT2D eigenvalue weighted by Crippen LogP contribution is 2.52. The third kappa shape index (κ3) is 15.4. The molecule has 0 amide bonds. The van der Waals surface area contributed by atoms with E-state index in [1.54, 1.807) is 0 Å². The minimum atomic E-state index is 0.973. The third-order valence-corrected chi connectivity index (χ3v) is 33.3. The summed E-state index contributed by atoms with van der Waals surface area (Å²) in [5.41, 5.74) is 31.6. The van der Waals surface area contributed by atoms with Gasteiger partial charge in [0.25, 0.3) is 0 Å². The van der Waals surface area contributed by atoms with Gasteiger partial charge < -0.3 is 0 Å². The quantitative estimate of drug-likeness (QED) is 0.114. The van der Waals surface area contributed by atoms with Crippen LogP contribution < -0.4 is 0 Å².